The summed E-state index contributed by atoms with van der Waals surface area (Å²) >= 11 is 0.707. The van der Waals surface area contributed by atoms with Crippen molar-refractivity contribution in [1.29, 1.82) is 0 Å². The number of nitrogens with one attached hydrogen (secondary N) is 1. The summed E-state index contributed by atoms with van der Waals surface area (Å²) in [6.45, 7) is 3.39. The first-order valence-electron chi connectivity index (χ1n) is 7.93. The molecule has 1 heterocycles. The third-order valence-corrected chi connectivity index (χ3v) is 4.55. The van der Waals surface area contributed by atoms with E-state index >= 15 is 0 Å². The molecular weight excluding hydrogens is 377 g/mol. The molecule has 0 bridgehead atoms. The maximum Gasteiger partial charge on any atom is 0.435 e. The molecule has 0 radical (unpaired) electrons. The molecule has 2 aromatic carbocycles. The van der Waals surface area contributed by atoms with Crippen LogP contribution in [0.1, 0.15) is 25.9 Å². The van der Waals surface area contributed by atoms with Gasteiger partial charge in [-0.3, -0.25) is 4.79 Å². The number of ether oxygens (including phenoxy) is 1. The molecule has 0 saturated carbocycles. The number of hydrogen-bond acceptors (Lipinski definition) is 4. The standard InChI is InChI=1S/C19H15F3N2O2S/c1-11-3-7-14(8-4-11)26-15-9-5-13(6-10-15)24-18(25)16-17(19(20,21)22)23-12(2)27-16/h3-10H,1-2H3,(H,24,25). The van der Waals surface area contributed by atoms with Crippen molar-refractivity contribution >= 4 is 22.9 Å². The van der Waals surface area contributed by atoms with E-state index in [9.17, 15) is 18.0 Å². The fourth-order valence-electron chi connectivity index (χ4n) is 2.31. The lowest BCUT2D eigenvalue weighted by Gasteiger charge is -2.09. The van der Waals surface area contributed by atoms with Gasteiger partial charge in [0.15, 0.2) is 5.69 Å². The van der Waals surface area contributed by atoms with Crippen LogP contribution in [-0.2, 0) is 6.18 Å². The van der Waals surface area contributed by atoms with Crippen molar-refractivity contribution in [2.75, 3.05) is 5.32 Å². The topological polar surface area (TPSA) is 51.2 Å². The lowest BCUT2D eigenvalue weighted by Crippen LogP contribution is -2.17. The number of halogens is 3. The molecule has 0 atom stereocenters. The predicted molar refractivity (Wildman–Crippen MR) is 97.5 cm³/mol. The van der Waals surface area contributed by atoms with E-state index in [0.717, 1.165) is 5.56 Å². The maximum absolute atomic E-state index is 13.0. The Kier molecular flexibility index (Phi) is 5.18. The van der Waals surface area contributed by atoms with Crippen LogP contribution in [0.15, 0.2) is 48.5 Å². The van der Waals surface area contributed by atoms with Crippen LogP contribution < -0.4 is 10.1 Å². The fraction of sp³-hybridized carbons (Fsp3) is 0.158. The Hall–Kier alpha value is -2.87. The van der Waals surface area contributed by atoms with Gasteiger partial charge in [-0.1, -0.05) is 17.7 Å². The van der Waals surface area contributed by atoms with Gasteiger partial charge in [-0.25, -0.2) is 4.98 Å². The number of benzene rings is 2. The first-order valence-corrected chi connectivity index (χ1v) is 8.74. The molecule has 3 rings (SSSR count). The van der Waals surface area contributed by atoms with Gasteiger partial charge in [0.25, 0.3) is 5.91 Å². The third-order valence-electron chi connectivity index (χ3n) is 3.58. The number of thiazole rings is 1. The van der Waals surface area contributed by atoms with Crippen molar-refractivity contribution in [1.82, 2.24) is 4.98 Å². The molecule has 27 heavy (non-hydrogen) atoms. The Balaban J connectivity index is 1.71. The lowest BCUT2D eigenvalue weighted by molar-refractivity contribution is -0.141. The van der Waals surface area contributed by atoms with E-state index < -0.39 is 22.7 Å². The van der Waals surface area contributed by atoms with Crippen LogP contribution in [0, 0.1) is 13.8 Å². The van der Waals surface area contributed by atoms with Gasteiger partial charge >= 0.3 is 6.18 Å². The van der Waals surface area contributed by atoms with Crippen LogP contribution in [0.25, 0.3) is 0 Å². The number of rotatable bonds is 4. The Morgan fingerprint density at radius 3 is 2.11 bits per heavy atom. The number of aromatic nitrogens is 1. The third kappa shape index (κ3) is 4.65. The SMILES string of the molecule is Cc1ccc(Oc2ccc(NC(=O)c3sc(C)nc3C(F)(F)F)cc2)cc1. The summed E-state index contributed by atoms with van der Waals surface area (Å²) in [6, 6.07) is 13.9. The van der Waals surface area contributed by atoms with Crippen molar-refractivity contribution in [3.05, 3.63) is 69.7 Å². The van der Waals surface area contributed by atoms with Gasteiger partial charge in [-0.2, -0.15) is 13.2 Å². The zero-order chi connectivity index (χ0) is 19.6. The number of anilines is 1. The van der Waals surface area contributed by atoms with Crippen LogP contribution in [-0.4, -0.2) is 10.9 Å². The minimum absolute atomic E-state index is 0.175. The zero-order valence-electron chi connectivity index (χ0n) is 14.4. The molecule has 0 aliphatic rings. The Morgan fingerprint density at radius 1 is 1.00 bits per heavy atom. The van der Waals surface area contributed by atoms with Crippen LogP contribution in [0.4, 0.5) is 18.9 Å². The van der Waals surface area contributed by atoms with E-state index in [4.69, 9.17) is 4.74 Å². The summed E-state index contributed by atoms with van der Waals surface area (Å²) in [6.07, 6.45) is -4.68. The van der Waals surface area contributed by atoms with E-state index in [1.807, 2.05) is 31.2 Å². The Morgan fingerprint density at radius 2 is 1.56 bits per heavy atom. The Labute approximate surface area is 157 Å². The lowest BCUT2D eigenvalue weighted by atomic mass is 10.2. The molecule has 0 aliphatic heterocycles. The average molecular weight is 392 g/mol. The molecule has 1 N–H and O–H groups in total. The number of hydrogen-bond donors (Lipinski definition) is 1. The second-order valence-corrected chi connectivity index (χ2v) is 7.01. The van der Waals surface area contributed by atoms with E-state index in [0.29, 0.717) is 28.5 Å². The van der Waals surface area contributed by atoms with Gasteiger partial charge in [-0.05, 0) is 50.2 Å². The van der Waals surface area contributed by atoms with Crippen molar-refractivity contribution in [3.8, 4) is 11.5 Å². The van der Waals surface area contributed by atoms with Crippen molar-refractivity contribution in [2.45, 2.75) is 20.0 Å². The van der Waals surface area contributed by atoms with Gasteiger partial charge in [-0.15, -0.1) is 11.3 Å². The molecule has 0 spiro atoms. The quantitative estimate of drug-likeness (QED) is 0.608. The largest absolute Gasteiger partial charge is 0.457 e. The molecule has 0 saturated heterocycles. The highest BCUT2D eigenvalue weighted by Crippen LogP contribution is 2.34. The van der Waals surface area contributed by atoms with E-state index in [1.54, 1.807) is 24.3 Å². The molecule has 1 aromatic heterocycles. The molecule has 0 unspecified atom stereocenters. The van der Waals surface area contributed by atoms with Gasteiger partial charge in [0.1, 0.15) is 16.4 Å². The summed E-state index contributed by atoms with van der Waals surface area (Å²) in [4.78, 5) is 15.2. The van der Waals surface area contributed by atoms with E-state index in [2.05, 4.69) is 10.3 Å². The number of carbonyl (C=O) groups excluding carboxylic acids is 1. The number of amides is 1. The molecule has 0 aliphatic carbocycles. The van der Waals surface area contributed by atoms with Crippen LogP contribution in [0.3, 0.4) is 0 Å². The van der Waals surface area contributed by atoms with Crippen molar-refractivity contribution in [3.63, 3.8) is 0 Å². The summed E-state index contributed by atoms with van der Waals surface area (Å²) in [5.41, 5.74) is 0.300. The van der Waals surface area contributed by atoms with Crippen LogP contribution in [0.5, 0.6) is 11.5 Å². The van der Waals surface area contributed by atoms with Crippen LogP contribution in [0.2, 0.25) is 0 Å². The second kappa shape index (κ2) is 7.40. The first kappa shape index (κ1) is 18.9. The number of carbonyl (C=O) groups is 1. The molecule has 140 valence electrons. The zero-order valence-corrected chi connectivity index (χ0v) is 15.2. The molecule has 0 fully saturated rings. The minimum atomic E-state index is -4.68. The van der Waals surface area contributed by atoms with Gasteiger partial charge < -0.3 is 10.1 Å². The van der Waals surface area contributed by atoms with Crippen molar-refractivity contribution in [2.24, 2.45) is 0 Å². The highest BCUT2D eigenvalue weighted by Gasteiger charge is 2.39. The van der Waals surface area contributed by atoms with E-state index in [-0.39, 0.29) is 5.01 Å². The smallest absolute Gasteiger partial charge is 0.435 e. The first-order chi connectivity index (χ1) is 12.7. The average Bonchev–Trinajstić information content (AvgIpc) is 3.01. The normalized spacial score (nSPS) is 11.3. The summed E-state index contributed by atoms with van der Waals surface area (Å²) in [5, 5.41) is 2.63. The highest BCUT2D eigenvalue weighted by molar-refractivity contribution is 7.13. The Bertz CT molecular complexity index is 949. The van der Waals surface area contributed by atoms with E-state index in [1.165, 1.54) is 6.92 Å². The minimum Gasteiger partial charge on any atom is -0.457 e. The number of nitrogens with zero attached hydrogens (tertiary/aromatic N) is 1. The fourth-order valence-corrected chi connectivity index (χ4v) is 3.14. The number of alkyl halides is 3. The molecule has 4 nitrogen and oxygen atoms in total. The summed E-state index contributed by atoms with van der Waals surface area (Å²) < 4.78 is 44.7. The summed E-state index contributed by atoms with van der Waals surface area (Å²) in [5.74, 6) is 0.355. The maximum atomic E-state index is 13.0. The molecular formula is C19H15F3N2O2S. The number of aryl methyl sites for hydroxylation is 2. The van der Waals surface area contributed by atoms with Crippen molar-refractivity contribution < 1.29 is 22.7 Å². The molecule has 1 amide bonds. The van der Waals surface area contributed by atoms with Gasteiger partial charge in [0.2, 0.25) is 0 Å². The highest BCUT2D eigenvalue weighted by atomic mass is 32.1. The van der Waals surface area contributed by atoms with Gasteiger partial charge in [0, 0.05) is 5.69 Å². The second-order valence-electron chi connectivity index (χ2n) is 5.80. The predicted octanol–water partition coefficient (Wildman–Crippen LogP) is 5.82. The monoisotopic (exact) mass is 392 g/mol. The van der Waals surface area contributed by atoms with Crippen LogP contribution >= 0.6 is 11.3 Å². The molecule has 8 heteroatoms. The molecule has 3 aromatic rings. The summed E-state index contributed by atoms with van der Waals surface area (Å²) in [7, 11) is 0. The van der Waals surface area contributed by atoms with Gasteiger partial charge in [0.05, 0.1) is 5.01 Å².